The molecule has 2 fully saturated rings. The van der Waals surface area contributed by atoms with Crippen molar-refractivity contribution in [2.75, 3.05) is 13.1 Å². The third kappa shape index (κ3) is 3.75. The molecule has 0 spiro atoms. The SMILES string of the molecule is O[C@@]1(c2ccccc2)CCC[C@H]2CN(Cc3cnn(Cc4ccccc4)c3)C[C@H]21. The number of likely N-dealkylation sites (tertiary alicyclic amines) is 1. The second-order valence-electron chi connectivity index (χ2n) is 8.77. The Bertz CT molecular complexity index is 939. The first kappa shape index (κ1) is 18.6. The van der Waals surface area contributed by atoms with Gasteiger partial charge in [0, 0.05) is 37.3 Å². The van der Waals surface area contributed by atoms with E-state index in [-0.39, 0.29) is 0 Å². The van der Waals surface area contributed by atoms with Gasteiger partial charge in [-0.25, -0.2) is 0 Å². The summed E-state index contributed by atoms with van der Waals surface area (Å²) in [6, 6.07) is 20.8. The average molecular weight is 388 g/mol. The van der Waals surface area contributed by atoms with Crippen molar-refractivity contribution in [3.05, 3.63) is 89.7 Å². The Kier molecular flexibility index (Phi) is 4.98. The second-order valence-corrected chi connectivity index (χ2v) is 8.77. The maximum atomic E-state index is 11.6. The van der Waals surface area contributed by atoms with Gasteiger partial charge in [0.15, 0.2) is 0 Å². The molecule has 5 rings (SSSR count). The van der Waals surface area contributed by atoms with Gasteiger partial charge in [-0.2, -0.15) is 5.10 Å². The quantitative estimate of drug-likeness (QED) is 0.718. The van der Waals surface area contributed by atoms with Crippen LogP contribution in [0.25, 0.3) is 0 Å². The van der Waals surface area contributed by atoms with E-state index in [4.69, 9.17) is 0 Å². The van der Waals surface area contributed by atoms with Crippen LogP contribution < -0.4 is 0 Å². The van der Waals surface area contributed by atoms with Gasteiger partial charge in [0.1, 0.15) is 0 Å². The molecule has 3 aromatic rings. The van der Waals surface area contributed by atoms with Gasteiger partial charge in [0.05, 0.1) is 18.3 Å². The third-order valence-corrected chi connectivity index (χ3v) is 6.82. The van der Waals surface area contributed by atoms with Crippen LogP contribution in [-0.4, -0.2) is 32.9 Å². The number of aromatic nitrogens is 2. The minimum atomic E-state index is -0.684. The van der Waals surface area contributed by atoms with Gasteiger partial charge in [-0.3, -0.25) is 9.58 Å². The van der Waals surface area contributed by atoms with Crippen molar-refractivity contribution in [3.63, 3.8) is 0 Å². The topological polar surface area (TPSA) is 41.3 Å². The zero-order valence-corrected chi connectivity index (χ0v) is 16.8. The zero-order chi connectivity index (χ0) is 19.7. The number of rotatable bonds is 5. The van der Waals surface area contributed by atoms with Crippen molar-refractivity contribution in [1.29, 1.82) is 0 Å². The first-order valence-corrected chi connectivity index (χ1v) is 10.8. The Labute approximate surface area is 172 Å². The van der Waals surface area contributed by atoms with Gasteiger partial charge in [0.25, 0.3) is 0 Å². The lowest BCUT2D eigenvalue weighted by Crippen LogP contribution is -2.42. The normalized spacial score (nSPS) is 27.1. The molecule has 0 bridgehead atoms. The summed E-state index contributed by atoms with van der Waals surface area (Å²) in [5, 5.41) is 16.2. The van der Waals surface area contributed by atoms with Crippen LogP contribution in [0.3, 0.4) is 0 Å². The largest absolute Gasteiger partial charge is 0.385 e. The highest BCUT2D eigenvalue weighted by atomic mass is 16.3. The van der Waals surface area contributed by atoms with Gasteiger partial charge in [0.2, 0.25) is 0 Å². The molecule has 2 aliphatic rings. The van der Waals surface area contributed by atoms with E-state index >= 15 is 0 Å². The molecule has 1 saturated heterocycles. The van der Waals surface area contributed by atoms with Gasteiger partial charge >= 0.3 is 0 Å². The molecule has 1 aliphatic heterocycles. The maximum Gasteiger partial charge on any atom is 0.0939 e. The van der Waals surface area contributed by atoms with E-state index in [1.165, 1.54) is 17.5 Å². The Hall–Kier alpha value is -2.43. The van der Waals surface area contributed by atoms with Crippen LogP contribution in [0.1, 0.15) is 36.0 Å². The Morgan fingerprint density at radius 2 is 1.69 bits per heavy atom. The van der Waals surface area contributed by atoms with E-state index in [1.54, 1.807) is 0 Å². The molecule has 29 heavy (non-hydrogen) atoms. The van der Waals surface area contributed by atoms with Crippen LogP contribution in [0, 0.1) is 11.8 Å². The summed E-state index contributed by atoms with van der Waals surface area (Å²) in [5.74, 6) is 0.895. The molecule has 150 valence electrons. The molecule has 1 aliphatic carbocycles. The zero-order valence-electron chi connectivity index (χ0n) is 16.8. The highest BCUT2D eigenvalue weighted by Gasteiger charge is 2.49. The average Bonchev–Trinajstić information content (AvgIpc) is 3.37. The van der Waals surface area contributed by atoms with Crippen molar-refractivity contribution in [2.45, 2.75) is 38.0 Å². The first-order chi connectivity index (χ1) is 14.2. The van der Waals surface area contributed by atoms with Crippen LogP contribution in [0.4, 0.5) is 0 Å². The predicted molar refractivity (Wildman–Crippen MR) is 114 cm³/mol. The van der Waals surface area contributed by atoms with Gasteiger partial charge in [-0.05, 0) is 36.3 Å². The Morgan fingerprint density at radius 1 is 0.931 bits per heavy atom. The molecule has 0 radical (unpaired) electrons. The lowest BCUT2D eigenvalue weighted by molar-refractivity contribution is -0.0648. The molecule has 4 heteroatoms. The molecular formula is C25H29N3O. The standard InChI is InChI=1S/C25H29N3O/c29-25(23-11-5-2-6-12-23)13-7-10-22-18-27(19-24(22)25)15-21-14-26-28(17-21)16-20-8-3-1-4-9-20/h1-6,8-9,11-12,14,17,22,24,29H,7,10,13,15-16,18-19H2/t22-,24+,25+/m0/s1. The van der Waals surface area contributed by atoms with Crippen molar-refractivity contribution >= 4 is 0 Å². The number of fused-ring (bicyclic) bond motifs is 1. The second kappa shape index (κ2) is 7.77. The molecule has 2 heterocycles. The number of nitrogens with zero attached hydrogens (tertiary/aromatic N) is 3. The van der Waals surface area contributed by atoms with Crippen molar-refractivity contribution < 1.29 is 5.11 Å². The third-order valence-electron chi connectivity index (χ3n) is 6.82. The van der Waals surface area contributed by atoms with E-state index in [2.05, 4.69) is 52.6 Å². The summed E-state index contributed by atoms with van der Waals surface area (Å²) in [5.41, 5.74) is 2.92. The highest BCUT2D eigenvalue weighted by Crippen LogP contribution is 2.48. The molecule has 2 aromatic carbocycles. The van der Waals surface area contributed by atoms with Gasteiger partial charge in [-0.15, -0.1) is 0 Å². The number of aliphatic hydroxyl groups is 1. The molecule has 1 N–H and O–H groups in total. The van der Waals surface area contributed by atoms with Gasteiger partial charge < -0.3 is 5.11 Å². The molecular weight excluding hydrogens is 358 g/mol. The van der Waals surface area contributed by atoms with E-state index in [9.17, 15) is 5.11 Å². The fourth-order valence-electron chi connectivity index (χ4n) is 5.43. The highest BCUT2D eigenvalue weighted by molar-refractivity contribution is 5.25. The Balaban J connectivity index is 1.27. The summed E-state index contributed by atoms with van der Waals surface area (Å²) in [4.78, 5) is 2.51. The van der Waals surface area contributed by atoms with Gasteiger partial charge in [-0.1, -0.05) is 60.7 Å². The Morgan fingerprint density at radius 3 is 2.48 bits per heavy atom. The molecule has 1 saturated carbocycles. The van der Waals surface area contributed by atoms with Crippen LogP contribution in [0.2, 0.25) is 0 Å². The fraction of sp³-hybridized carbons (Fsp3) is 0.400. The molecule has 0 unspecified atom stereocenters. The minimum Gasteiger partial charge on any atom is -0.385 e. The van der Waals surface area contributed by atoms with E-state index < -0.39 is 5.60 Å². The molecule has 1 aromatic heterocycles. The van der Waals surface area contributed by atoms with E-state index in [1.807, 2.05) is 35.1 Å². The maximum absolute atomic E-state index is 11.6. The summed E-state index contributed by atoms with van der Waals surface area (Å²) in [7, 11) is 0. The monoisotopic (exact) mass is 387 g/mol. The smallest absolute Gasteiger partial charge is 0.0939 e. The summed E-state index contributed by atoms with van der Waals surface area (Å²) >= 11 is 0. The van der Waals surface area contributed by atoms with Crippen LogP contribution in [0.15, 0.2) is 73.1 Å². The number of hydrogen-bond acceptors (Lipinski definition) is 3. The minimum absolute atomic E-state index is 0.318. The lowest BCUT2D eigenvalue weighted by Gasteiger charge is -2.41. The van der Waals surface area contributed by atoms with Crippen molar-refractivity contribution in [3.8, 4) is 0 Å². The van der Waals surface area contributed by atoms with Crippen LogP contribution in [-0.2, 0) is 18.7 Å². The van der Waals surface area contributed by atoms with Crippen LogP contribution >= 0.6 is 0 Å². The summed E-state index contributed by atoms with van der Waals surface area (Å²) in [6.45, 7) is 3.75. The van der Waals surface area contributed by atoms with E-state index in [0.29, 0.717) is 11.8 Å². The lowest BCUT2D eigenvalue weighted by atomic mass is 9.67. The van der Waals surface area contributed by atoms with Crippen LogP contribution in [0.5, 0.6) is 0 Å². The predicted octanol–water partition coefficient (Wildman–Crippen LogP) is 4.05. The van der Waals surface area contributed by atoms with Crippen molar-refractivity contribution in [1.82, 2.24) is 14.7 Å². The number of hydrogen-bond donors (Lipinski definition) is 1. The molecule has 4 nitrogen and oxygen atoms in total. The summed E-state index contributed by atoms with van der Waals surface area (Å²) in [6.07, 6.45) is 7.37. The van der Waals surface area contributed by atoms with E-state index in [0.717, 1.165) is 44.6 Å². The summed E-state index contributed by atoms with van der Waals surface area (Å²) < 4.78 is 2.02. The number of benzene rings is 2. The van der Waals surface area contributed by atoms with Crippen molar-refractivity contribution in [2.24, 2.45) is 11.8 Å². The fourth-order valence-corrected chi connectivity index (χ4v) is 5.43. The molecule has 0 amide bonds. The first-order valence-electron chi connectivity index (χ1n) is 10.8. The molecule has 3 atom stereocenters.